The van der Waals surface area contributed by atoms with Gasteiger partial charge in [0, 0.05) is 4.90 Å². The van der Waals surface area contributed by atoms with E-state index in [1.807, 2.05) is 33.8 Å². The van der Waals surface area contributed by atoms with Crippen LogP contribution in [0.3, 0.4) is 0 Å². The van der Waals surface area contributed by atoms with Gasteiger partial charge in [-0.05, 0) is 116 Å². The molecule has 3 aromatic rings. The number of ether oxygens (including phenoxy) is 2. The minimum absolute atomic E-state index is 0.0147. The lowest BCUT2D eigenvalue weighted by molar-refractivity contribution is -0.195. The molecule has 38 heavy (non-hydrogen) atoms. The molecule has 5 heteroatoms. The van der Waals surface area contributed by atoms with Gasteiger partial charge in [-0.25, -0.2) is 0 Å². The highest BCUT2D eigenvalue weighted by molar-refractivity contribution is 7.80. The molecule has 0 heterocycles. The minimum Gasteiger partial charge on any atom is -0.461 e. The number of thiol groups is 1. The van der Waals surface area contributed by atoms with Crippen LogP contribution in [0.5, 0.6) is 0 Å². The molecule has 0 saturated heterocycles. The predicted octanol–water partition coefficient (Wildman–Crippen LogP) is 7.92. The molecule has 4 bridgehead atoms. The average molecular weight is 531 g/mol. The monoisotopic (exact) mass is 530 g/mol. The van der Waals surface area contributed by atoms with Crippen LogP contribution in [0.1, 0.15) is 71.5 Å². The van der Waals surface area contributed by atoms with Gasteiger partial charge in [0.1, 0.15) is 12.2 Å². The third kappa shape index (κ3) is 4.31. The minimum atomic E-state index is -0.444. The van der Waals surface area contributed by atoms with E-state index < -0.39 is 5.41 Å². The van der Waals surface area contributed by atoms with Gasteiger partial charge in [-0.1, -0.05) is 43.3 Å². The number of carbonyl (C=O) groups is 2. The lowest BCUT2D eigenvalue weighted by Crippen LogP contribution is -2.56. The summed E-state index contributed by atoms with van der Waals surface area (Å²) in [5.74, 6) is 1.24. The Labute approximate surface area is 230 Å². The molecule has 0 spiro atoms. The molecule has 4 aliphatic carbocycles. The van der Waals surface area contributed by atoms with Crippen molar-refractivity contribution in [2.75, 3.05) is 0 Å². The van der Waals surface area contributed by atoms with Gasteiger partial charge >= 0.3 is 11.9 Å². The van der Waals surface area contributed by atoms with E-state index in [0.717, 1.165) is 53.3 Å². The fourth-order valence-corrected chi connectivity index (χ4v) is 7.84. The van der Waals surface area contributed by atoms with Crippen molar-refractivity contribution in [3.8, 4) is 0 Å². The second-order valence-electron chi connectivity index (χ2n) is 12.6. The number of fused-ring (bicyclic) bond motifs is 3. The smallest absolute Gasteiger partial charge is 0.311 e. The van der Waals surface area contributed by atoms with Gasteiger partial charge in [-0.2, -0.15) is 0 Å². The summed E-state index contributed by atoms with van der Waals surface area (Å²) in [5, 5.41) is 4.61. The summed E-state index contributed by atoms with van der Waals surface area (Å²) in [6.07, 6.45) is 4.29. The van der Waals surface area contributed by atoms with E-state index in [2.05, 4.69) is 42.5 Å². The Bertz CT molecular complexity index is 1380. The first-order chi connectivity index (χ1) is 18.2. The van der Waals surface area contributed by atoms with Crippen LogP contribution in [-0.2, 0) is 19.1 Å². The topological polar surface area (TPSA) is 52.6 Å². The molecule has 0 aliphatic heterocycles. The van der Waals surface area contributed by atoms with Crippen LogP contribution < -0.4 is 0 Å². The molecular formula is C33H38O4S. The predicted molar refractivity (Wildman–Crippen MR) is 153 cm³/mol. The number of esters is 2. The van der Waals surface area contributed by atoms with Crippen molar-refractivity contribution < 1.29 is 19.1 Å². The summed E-state index contributed by atoms with van der Waals surface area (Å²) in [4.78, 5) is 27.2. The lowest BCUT2D eigenvalue weighted by Gasteiger charge is -2.56. The highest BCUT2D eigenvalue weighted by atomic mass is 32.1. The molecule has 0 N–H and O–H groups in total. The van der Waals surface area contributed by atoms with Gasteiger partial charge < -0.3 is 9.47 Å². The van der Waals surface area contributed by atoms with Gasteiger partial charge in [-0.15, -0.1) is 12.6 Å². The van der Waals surface area contributed by atoms with Crippen molar-refractivity contribution in [2.24, 2.45) is 35.0 Å². The normalized spacial score (nSPS) is 29.0. The summed E-state index contributed by atoms with van der Waals surface area (Å²) in [6.45, 7) is 7.94. The van der Waals surface area contributed by atoms with Crippen molar-refractivity contribution in [3.05, 3.63) is 54.1 Å². The van der Waals surface area contributed by atoms with Gasteiger partial charge in [0.25, 0.3) is 0 Å². The van der Waals surface area contributed by atoms with E-state index in [0.29, 0.717) is 23.7 Å². The third-order valence-electron chi connectivity index (χ3n) is 9.94. The van der Waals surface area contributed by atoms with E-state index in [1.54, 1.807) is 0 Å². The van der Waals surface area contributed by atoms with E-state index in [1.165, 1.54) is 10.8 Å². The molecule has 3 aromatic carbocycles. The Kier molecular flexibility index (Phi) is 6.49. The van der Waals surface area contributed by atoms with Gasteiger partial charge in [-0.3, -0.25) is 9.59 Å². The zero-order chi connectivity index (χ0) is 26.8. The first-order valence-electron chi connectivity index (χ1n) is 14.2. The molecular weight excluding hydrogens is 492 g/mol. The number of hydrogen-bond donors (Lipinski definition) is 1. The van der Waals surface area contributed by atoms with E-state index in [4.69, 9.17) is 22.1 Å². The first kappa shape index (κ1) is 25.7. The zero-order valence-corrected chi connectivity index (χ0v) is 23.7. The molecule has 1 unspecified atom stereocenters. The van der Waals surface area contributed by atoms with E-state index >= 15 is 0 Å². The second-order valence-corrected chi connectivity index (χ2v) is 13.1. The largest absolute Gasteiger partial charge is 0.461 e. The SMILES string of the molecule is CCC(C)(C)C(=O)OC1C2CC3CC1CC(C2)C3C(=O)OC(C)c1ccc2c(c1)c(S)cc1ccccc12. The Hall–Kier alpha value is -2.53. The van der Waals surface area contributed by atoms with Crippen molar-refractivity contribution in [2.45, 2.75) is 76.9 Å². The molecule has 7 rings (SSSR count). The van der Waals surface area contributed by atoms with Crippen molar-refractivity contribution >= 4 is 46.1 Å². The van der Waals surface area contributed by atoms with Crippen LogP contribution in [0.2, 0.25) is 0 Å². The maximum Gasteiger partial charge on any atom is 0.311 e. The molecule has 200 valence electrons. The first-order valence-corrected chi connectivity index (χ1v) is 14.7. The van der Waals surface area contributed by atoms with Crippen molar-refractivity contribution in [1.82, 2.24) is 0 Å². The third-order valence-corrected chi connectivity index (χ3v) is 10.3. The highest BCUT2D eigenvalue weighted by Crippen LogP contribution is 2.58. The van der Waals surface area contributed by atoms with Crippen LogP contribution in [0.15, 0.2) is 53.4 Å². The number of carbonyl (C=O) groups excluding carboxylic acids is 2. The molecule has 4 aliphatic rings. The maximum absolute atomic E-state index is 13.5. The fourth-order valence-electron chi connectivity index (χ4n) is 7.51. The zero-order valence-electron chi connectivity index (χ0n) is 22.8. The fraction of sp³-hybridized carbons (Fsp3) is 0.515. The van der Waals surface area contributed by atoms with Crippen LogP contribution in [-0.4, -0.2) is 18.0 Å². The summed E-state index contributed by atoms with van der Waals surface area (Å²) >= 11 is 4.76. The van der Waals surface area contributed by atoms with E-state index in [-0.39, 0.29) is 30.1 Å². The summed E-state index contributed by atoms with van der Waals surface area (Å²) in [5.41, 5.74) is 0.548. The highest BCUT2D eigenvalue weighted by Gasteiger charge is 2.57. The van der Waals surface area contributed by atoms with Crippen molar-refractivity contribution in [1.29, 1.82) is 0 Å². The van der Waals surface area contributed by atoms with Gasteiger partial charge in [0.15, 0.2) is 0 Å². The maximum atomic E-state index is 13.5. The Morgan fingerprint density at radius 1 is 0.921 bits per heavy atom. The standard InChI is InChI=1S/C33H38O4S/c1-5-33(3,4)32(35)37-30-23-12-21-13-24(30)15-22(14-23)29(21)31(34)36-18(2)19-10-11-26-25-9-7-6-8-20(25)17-28(38)27(26)16-19/h6-11,16-18,21-24,29-30,38H,5,12-15H2,1-4H3. The average Bonchev–Trinajstić information content (AvgIpc) is 2.89. The Morgan fingerprint density at radius 2 is 1.58 bits per heavy atom. The summed E-state index contributed by atoms with van der Waals surface area (Å²) in [6, 6.07) is 16.8. The lowest BCUT2D eigenvalue weighted by atomic mass is 9.50. The number of benzene rings is 3. The van der Waals surface area contributed by atoms with Crippen LogP contribution in [0.25, 0.3) is 21.5 Å². The second kappa shape index (κ2) is 9.59. The Morgan fingerprint density at radius 3 is 2.24 bits per heavy atom. The molecule has 4 saturated carbocycles. The van der Waals surface area contributed by atoms with Gasteiger partial charge in [0.2, 0.25) is 0 Å². The molecule has 1 atom stereocenters. The van der Waals surface area contributed by atoms with Crippen LogP contribution in [0, 0.1) is 35.0 Å². The molecule has 0 amide bonds. The molecule has 4 fully saturated rings. The van der Waals surface area contributed by atoms with Crippen molar-refractivity contribution in [3.63, 3.8) is 0 Å². The summed E-state index contributed by atoms with van der Waals surface area (Å²) < 4.78 is 12.3. The number of hydrogen-bond acceptors (Lipinski definition) is 5. The molecule has 4 nitrogen and oxygen atoms in total. The van der Waals surface area contributed by atoms with Gasteiger partial charge in [0.05, 0.1) is 11.3 Å². The quantitative estimate of drug-likeness (QED) is 0.200. The molecule has 0 aromatic heterocycles. The number of rotatable bonds is 6. The van der Waals surface area contributed by atoms with Crippen LogP contribution >= 0.6 is 12.6 Å². The summed E-state index contributed by atoms with van der Waals surface area (Å²) in [7, 11) is 0. The van der Waals surface area contributed by atoms with E-state index in [9.17, 15) is 9.59 Å². The van der Waals surface area contributed by atoms with Crippen LogP contribution in [0.4, 0.5) is 0 Å². The molecule has 0 radical (unpaired) electrons. The Balaban J connectivity index is 1.15.